The van der Waals surface area contributed by atoms with Gasteiger partial charge in [0, 0.05) is 0 Å². The fraction of sp³-hybridized carbons (Fsp3) is 0.577. The molecule has 2 saturated carbocycles. The maximum Gasteiger partial charge on any atom is 0.130 e. The van der Waals surface area contributed by atoms with Gasteiger partial charge in [-0.15, -0.1) is 7.55 Å². The van der Waals surface area contributed by atoms with Crippen molar-refractivity contribution in [3.05, 3.63) is 42.0 Å². The van der Waals surface area contributed by atoms with Crippen LogP contribution in [0.15, 0.2) is 36.4 Å². The van der Waals surface area contributed by atoms with Gasteiger partial charge < -0.3 is 9.47 Å². The van der Waals surface area contributed by atoms with E-state index < -0.39 is 7.55 Å². The third-order valence-electron chi connectivity index (χ3n) is 7.18. The number of hydrogen-bond acceptors (Lipinski definition) is 2. The van der Waals surface area contributed by atoms with Crippen LogP contribution >= 0.6 is 7.55 Å². The third-order valence-corrected chi connectivity index (χ3v) is 11.3. The Labute approximate surface area is 177 Å². The quantitative estimate of drug-likeness (QED) is 0.480. The summed E-state index contributed by atoms with van der Waals surface area (Å²) in [6.07, 6.45) is 22.5. The molecule has 0 aliphatic heterocycles. The monoisotopic (exact) mass is 412 g/mol. The molecule has 2 nitrogen and oxygen atoms in total. The van der Waals surface area contributed by atoms with Gasteiger partial charge in [0.15, 0.2) is 0 Å². The molecule has 29 heavy (non-hydrogen) atoms. The van der Waals surface area contributed by atoms with Crippen molar-refractivity contribution >= 4 is 18.4 Å². The van der Waals surface area contributed by atoms with E-state index in [4.69, 9.17) is 9.47 Å². The van der Waals surface area contributed by atoms with E-state index in [1.807, 2.05) is 6.07 Å². The topological polar surface area (TPSA) is 18.5 Å². The Morgan fingerprint density at radius 3 is 1.86 bits per heavy atom. The molecule has 0 bridgehead atoms. The number of rotatable bonds is 5. The van der Waals surface area contributed by atoms with Crippen molar-refractivity contribution in [3.8, 4) is 11.5 Å². The molecular formula is C26H37O2P. The van der Waals surface area contributed by atoms with Crippen LogP contribution in [0.1, 0.15) is 76.2 Å². The van der Waals surface area contributed by atoms with E-state index in [0.717, 1.165) is 29.2 Å². The van der Waals surface area contributed by atoms with Crippen molar-refractivity contribution in [3.63, 3.8) is 0 Å². The predicted molar refractivity (Wildman–Crippen MR) is 128 cm³/mol. The maximum atomic E-state index is 5.81. The van der Waals surface area contributed by atoms with Crippen LogP contribution in [-0.4, -0.2) is 30.8 Å². The molecule has 158 valence electrons. The highest BCUT2D eigenvalue weighted by Gasteiger charge is 2.30. The molecule has 1 aromatic carbocycles. The summed E-state index contributed by atoms with van der Waals surface area (Å²) in [6.45, 7) is 0. The highest BCUT2D eigenvalue weighted by molar-refractivity contribution is 7.61. The highest BCUT2D eigenvalue weighted by Crippen LogP contribution is 2.53. The Balaban J connectivity index is 1.85. The largest absolute Gasteiger partial charge is 0.496 e. The maximum absolute atomic E-state index is 5.81. The van der Waals surface area contributed by atoms with Crippen molar-refractivity contribution in [1.82, 2.24) is 0 Å². The van der Waals surface area contributed by atoms with E-state index in [2.05, 4.69) is 30.4 Å². The molecule has 3 aliphatic rings. The number of allylic oxidation sites excluding steroid dienone is 4. The smallest absolute Gasteiger partial charge is 0.130 e. The Morgan fingerprint density at radius 1 is 0.793 bits per heavy atom. The van der Waals surface area contributed by atoms with Crippen molar-refractivity contribution < 1.29 is 9.47 Å². The first-order valence-electron chi connectivity index (χ1n) is 11.6. The standard InChI is InChI=1S/C26H37O2P/c1-27-23-17-11-18-24(28-2)26(23)22-16-9-10-19-25(22)29(20-12-5-3-6-13-20)21-14-7-4-8-15-21/h9-11,16-18,20-21,29H,3-8,12-15,19H2,1-2H3. The van der Waals surface area contributed by atoms with Gasteiger partial charge >= 0.3 is 0 Å². The van der Waals surface area contributed by atoms with Crippen molar-refractivity contribution in [2.45, 2.75) is 81.9 Å². The first-order valence-corrected chi connectivity index (χ1v) is 13.3. The zero-order valence-corrected chi connectivity index (χ0v) is 19.2. The summed E-state index contributed by atoms with van der Waals surface area (Å²) in [5.41, 5.74) is 4.47. The number of ether oxygens (including phenoxy) is 2. The molecular weight excluding hydrogens is 375 g/mol. The van der Waals surface area contributed by atoms with Gasteiger partial charge in [0.25, 0.3) is 0 Å². The van der Waals surface area contributed by atoms with Crippen LogP contribution in [0.3, 0.4) is 0 Å². The second-order valence-corrected chi connectivity index (χ2v) is 12.0. The summed E-state index contributed by atoms with van der Waals surface area (Å²) >= 11 is 0. The van der Waals surface area contributed by atoms with Gasteiger partial charge in [-0.25, -0.2) is 0 Å². The van der Waals surface area contributed by atoms with Gasteiger partial charge in [0.1, 0.15) is 11.5 Å². The zero-order valence-electron chi connectivity index (χ0n) is 18.2. The van der Waals surface area contributed by atoms with Crippen LogP contribution in [0, 0.1) is 0 Å². The second kappa shape index (κ2) is 10.1. The molecule has 0 amide bonds. The number of benzene rings is 1. The minimum Gasteiger partial charge on any atom is -0.496 e. The van der Waals surface area contributed by atoms with Crippen LogP contribution in [0.25, 0.3) is 5.57 Å². The van der Waals surface area contributed by atoms with Crippen LogP contribution in [0.2, 0.25) is 0 Å². The lowest BCUT2D eigenvalue weighted by Crippen LogP contribution is -2.22. The number of methoxy groups -OCH3 is 2. The normalized spacial score (nSPS) is 21.3. The van der Waals surface area contributed by atoms with E-state index in [9.17, 15) is 0 Å². The summed E-state index contributed by atoms with van der Waals surface area (Å²) in [5.74, 6) is 1.88. The molecule has 0 radical (unpaired) electrons. The van der Waals surface area contributed by atoms with E-state index in [1.165, 1.54) is 75.3 Å². The summed E-state index contributed by atoms with van der Waals surface area (Å²) in [4.78, 5) is 0. The molecule has 3 heteroatoms. The lowest BCUT2D eigenvalue weighted by molar-refractivity contribution is 0.392. The third kappa shape index (κ3) is 4.53. The summed E-state index contributed by atoms with van der Waals surface area (Å²) in [5, 5.41) is 1.75. The summed E-state index contributed by atoms with van der Waals surface area (Å²) < 4.78 is 11.6. The molecule has 2 fully saturated rings. The summed E-state index contributed by atoms with van der Waals surface area (Å²) in [6, 6.07) is 6.21. The molecule has 0 atom stereocenters. The second-order valence-electron chi connectivity index (χ2n) is 8.85. The fourth-order valence-electron chi connectivity index (χ4n) is 5.84. The number of hydrogen-bond donors (Lipinski definition) is 0. The van der Waals surface area contributed by atoms with Gasteiger partial charge in [-0.1, -0.05) is 62.8 Å². The van der Waals surface area contributed by atoms with Crippen molar-refractivity contribution in [2.75, 3.05) is 14.2 Å². The highest BCUT2D eigenvalue weighted by atomic mass is 31.1. The molecule has 0 unspecified atom stereocenters. The van der Waals surface area contributed by atoms with Gasteiger partial charge in [0.2, 0.25) is 0 Å². The van der Waals surface area contributed by atoms with Crippen molar-refractivity contribution in [1.29, 1.82) is 0 Å². The Morgan fingerprint density at radius 2 is 1.34 bits per heavy atom. The van der Waals surface area contributed by atoms with Gasteiger partial charge in [-0.3, -0.25) is 0 Å². The van der Waals surface area contributed by atoms with Gasteiger partial charge in [0.05, 0.1) is 19.8 Å². The minimum absolute atomic E-state index is 0.605. The average Bonchev–Trinajstić information content (AvgIpc) is 2.80. The van der Waals surface area contributed by atoms with Gasteiger partial charge in [-0.2, -0.15) is 0 Å². The molecule has 0 N–H and O–H groups in total. The Hall–Kier alpha value is -1.40. The van der Waals surface area contributed by atoms with Crippen molar-refractivity contribution in [2.24, 2.45) is 0 Å². The Bertz CT molecular complexity index is 751. The fourth-order valence-corrected chi connectivity index (χ4v) is 10.4. The van der Waals surface area contributed by atoms with Crippen LogP contribution < -0.4 is 9.47 Å². The Kier molecular flexibility index (Phi) is 7.24. The van der Waals surface area contributed by atoms with Crippen LogP contribution in [0.4, 0.5) is 0 Å². The molecule has 4 rings (SSSR count). The SMILES string of the molecule is COc1cccc(OC)c1C1=CC=CCC1=[PH](C1CCCCC1)C1CCCCC1. The van der Waals surface area contributed by atoms with E-state index >= 15 is 0 Å². The van der Waals surface area contributed by atoms with Gasteiger partial charge in [-0.05, 0) is 66.4 Å². The van der Waals surface area contributed by atoms with E-state index in [1.54, 1.807) is 19.5 Å². The zero-order chi connectivity index (χ0) is 20.1. The molecule has 0 saturated heterocycles. The van der Waals surface area contributed by atoms with E-state index in [-0.39, 0.29) is 0 Å². The molecule has 3 aliphatic carbocycles. The molecule has 0 aromatic heterocycles. The molecule has 0 heterocycles. The minimum atomic E-state index is -0.605. The lowest BCUT2D eigenvalue weighted by Gasteiger charge is -2.37. The van der Waals surface area contributed by atoms with Crippen LogP contribution in [-0.2, 0) is 0 Å². The van der Waals surface area contributed by atoms with E-state index in [0.29, 0.717) is 0 Å². The lowest BCUT2D eigenvalue weighted by atomic mass is 9.95. The average molecular weight is 413 g/mol. The first-order chi connectivity index (χ1) is 14.3. The molecule has 1 aromatic rings. The molecule has 0 spiro atoms. The first kappa shape index (κ1) is 20.9. The predicted octanol–water partition coefficient (Wildman–Crippen LogP) is 7.10. The summed E-state index contributed by atoms with van der Waals surface area (Å²) in [7, 11) is 2.96. The van der Waals surface area contributed by atoms with Crippen LogP contribution in [0.5, 0.6) is 11.5 Å².